The summed E-state index contributed by atoms with van der Waals surface area (Å²) in [4.78, 5) is 14.1. The fraction of sp³-hybridized carbons (Fsp3) is 0.917. The molecule has 1 amide bonds. The molecule has 2 fully saturated rings. The largest absolute Gasteiger partial charge is 0.371 e. The van der Waals surface area contributed by atoms with E-state index in [9.17, 15) is 4.79 Å². The molecule has 2 saturated heterocycles. The zero-order valence-corrected chi connectivity index (χ0v) is 10.2. The lowest BCUT2D eigenvalue weighted by atomic mass is 9.98. The maximum Gasteiger partial charge on any atom is 0.239 e. The van der Waals surface area contributed by atoms with E-state index < -0.39 is 0 Å². The Labute approximate surface area is 97.1 Å². The van der Waals surface area contributed by atoms with Crippen molar-refractivity contribution in [2.24, 2.45) is 11.7 Å². The lowest BCUT2D eigenvalue weighted by Crippen LogP contribution is -2.53. The van der Waals surface area contributed by atoms with Crippen LogP contribution < -0.4 is 5.73 Å². The average Bonchev–Trinajstić information content (AvgIpc) is 2.65. The lowest BCUT2D eigenvalue weighted by molar-refractivity contribution is -0.142. The Morgan fingerprint density at radius 1 is 1.44 bits per heavy atom. The molecule has 2 aliphatic rings. The Balaban J connectivity index is 1.94. The highest BCUT2D eigenvalue weighted by Gasteiger charge is 2.37. The van der Waals surface area contributed by atoms with Crippen LogP contribution in [0.4, 0.5) is 0 Å². The highest BCUT2D eigenvalue weighted by atomic mass is 16.5. The van der Waals surface area contributed by atoms with Crippen LogP contribution in [-0.2, 0) is 9.53 Å². The maximum absolute atomic E-state index is 12.2. The van der Waals surface area contributed by atoms with Crippen LogP contribution in [0.25, 0.3) is 0 Å². The third-order valence-electron chi connectivity index (χ3n) is 3.90. The van der Waals surface area contributed by atoms with E-state index in [1.54, 1.807) is 0 Å². The molecule has 4 heteroatoms. The first-order valence-corrected chi connectivity index (χ1v) is 6.31. The van der Waals surface area contributed by atoms with Gasteiger partial charge in [0.25, 0.3) is 0 Å². The Morgan fingerprint density at radius 3 is 2.50 bits per heavy atom. The van der Waals surface area contributed by atoms with Crippen molar-refractivity contribution < 1.29 is 9.53 Å². The predicted molar refractivity (Wildman–Crippen MR) is 61.9 cm³/mol. The number of morpholine rings is 1. The van der Waals surface area contributed by atoms with Gasteiger partial charge in [0.05, 0.1) is 18.2 Å². The number of carbonyl (C=O) groups is 1. The number of likely N-dealkylation sites (tertiary alicyclic amines) is 1. The predicted octanol–water partition coefficient (Wildman–Crippen LogP) is 0.750. The maximum atomic E-state index is 12.2. The van der Waals surface area contributed by atoms with Gasteiger partial charge in [-0.05, 0) is 18.8 Å². The summed E-state index contributed by atoms with van der Waals surface area (Å²) >= 11 is 0. The van der Waals surface area contributed by atoms with Crippen molar-refractivity contribution in [3.8, 4) is 0 Å². The molecule has 92 valence electrons. The lowest BCUT2D eigenvalue weighted by Gasteiger charge is -2.34. The molecule has 4 unspecified atom stereocenters. The zero-order chi connectivity index (χ0) is 11.7. The second-order valence-electron chi connectivity index (χ2n) is 5.11. The van der Waals surface area contributed by atoms with Crippen LogP contribution in [0.2, 0.25) is 0 Å². The van der Waals surface area contributed by atoms with Gasteiger partial charge < -0.3 is 15.4 Å². The Bertz CT molecular complexity index is 258. The van der Waals surface area contributed by atoms with Gasteiger partial charge in [-0.3, -0.25) is 4.79 Å². The smallest absolute Gasteiger partial charge is 0.239 e. The average molecular weight is 226 g/mol. The zero-order valence-electron chi connectivity index (χ0n) is 10.2. The van der Waals surface area contributed by atoms with Crippen LogP contribution in [0.15, 0.2) is 0 Å². The molecule has 2 N–H and O–H groups in total. The van der Waals surface area contributed by atoms with E-state index >= 15 is 0 Å². The summed E-state index contributed by atoms with van der Waals surface area (Å²) in [5.74, 6) is 0.363. The molecule has 4 nitrogen and oxygen atoms in total. The molecule has 0 aromatic carbocycles. The fourth-order valence-corrected chi connectivity index (χ4v) is 2.50. The topological polar surface area (TPSA) is 55.6 Å². The first kappa shape index (κ1) is 11.9. The number of amides is 1. The minimum absolute atomic E-state index is 0.106. The van der Waals surface area contributed by atoms with E-state index in [1.165, 1.54) is 0 Å². The summed E-state index contributed by atoms with van der Waals surface area (Å²) in [5.41, 5.74) is 5.98. The van der Waals surface area contributed by atoms with Gasteiger partial charge in [0.2, 0.25) is 5.91 Å². The first-order valence-electron chi connectivity index (χ1n) is 6.31. The number of nitrogens with zero attached hydrogens (tertiary/aromatic N) is 1. The normalized spacial score (nSPS) is 32.6. The number of ether oxygens (including phenoxy) is 1. The van der Waals surface area contributed by atoms with Crippen molar-refractivity contribution in [3.05, 3.63) is 0 Å². The molecule has 0 aromatic heterocycles. The van der Waals surface area contributed by atoms with E-state index in [0.29, 0.717) is 0 Å². The van der Waals surface area contributed by atoms with Crippen LogP contribution >= 0.6 is 0 Å². The van der Waals surface area contributed by atoms with Gasteiger partial charge in [0.1, 0.15) is 0 Å². The van der Waals surface area contributed by atoms with E-state index in [2.05, 4.69) is 6.92 Å². The van der Waals surface area contributed by atoms with Gasteiger partial charge in [-0.25, -0.2) is 0 Å². The van der Waals surface area contributed by atoms with Crippen molar-refractivity contribution in [1.82, 2.24) is 4.90 Å². The van der Waals surface area contributed by atoms with E-state index in [0.717, 1.165) is 32.4 Å². The van der Waals surface area contributed by atoms with Crippen molar-refractivity contribution in [3.63, 3.8) is 0 Å². The number of hydrogen-bond donors (Lipinski definition) is 1. The minimum Gasteiger partial charge on any atom is -0.371 e. The van der Waals surface area contributed by atoms with Crippen LogP contribution in [0.5, 0.6) is 0 Å². The van der Waals surface area contributed by atoms with Crippen LogP contribution in [0.1, 0.15) is 33.1 Å². The van der Waals surface area contributed by atoms with E-state index in [1.807, 2.05) is 11.8 Å². The van der Waals surface area contributed by atoms with Crippen molar-refractivity contribution in [1.29, 1.82) is 0 Å². The summed E-state index contributed by atoms with van der Waals surface area (Å²) in [6, 6.07) is -0.345. The second kappa shape index (κ2) is 4.72. The molecule has 0 radical (unpaired) electrons. The van der Waals surface area contributed by atoms with Gasteiger partial charge in [0, 0.05) is 13.1 Å². The van der Waals surface area contributed by atoms with Crippen LogP contribution in [0.3, 0.4) is 0 Å². The summed E-state index contributed by atoms with van der Waals surface area (Å²) in [6.07, 6.45) is 3.64. The summed E-state index contributed by atoms with van der Waals surface area (Å²) in [5, 5.41) is 0. The Morgan fingerprint density at radius 2 is 2.00 bits per heavy atom. The minimum atomic E-state index is -0.345. The molecule has 0 aliphatic carbocycles. The number of hydrogen-bond acceptors (Lipinski definition) is 3. The molecule has 0 saturated carbocycles. The quantitative estimate of drug-likeness (QED) is 0.772. The number of carbonyl (C=O) groups excluding carboxylic acids is 1. The van der Waals surface area contributed by atoms with Gasteiger partial charge in [-0.15, -0.1) is 0 Å². The van der Waals surface area contributed by atoms with E-state index in [-0.39, 0.29) is 30.1 Å². The Kier molecular flexibility index (Phi) is 3.50. The molecule has 2 bridgehead atoms. The van der Waals surface area contributed by atoms with E-state index in [4.69, 9.17) is 10.5 Å². The van der Waals surface area contributed by atoms with Crippen molar-refractivity contribution in [2.75, 3.05) is 13.1 Å². The monoisotopic (exact) mass is 226 g/mol. The number of rotatable bonds is 3. The fourth-order valence-electron chi connectivity index (χ4n) is 2.50. The third kappa shape index (κ3) is 2.23. The molecule has 0 aromatic rings. The molecule has 2 rings (SSSR count). The highest BCUT2D eigenvalue weighted by Crippen LogP contribution is 2.26. The van der Waals surface area contributed by atoms with Crippen molar-refractivity contribution >= 4 is 5.91 Å². The van der Waals surface area contributed by atoms with Gasteiger partial charge in [-0.1, -0.05) is 20.3 Å². The van der Waals surface area contributed by atoms with Crippen LogP contribution in [-0.4, -0.2) is 42.1 Å². The Hall–Kier alpha value is -0.610. The van der Waals surface area contributed by atoms with Gasteiger partial charge in [0.15, 0.2) is 0 Å². The molecule has 2 aliphatic heterocycles. The third-order valence-corrected chi connectivity index (χ3v) is 3.90. The summed E-state index contributed by atoms with van der Waals surface area (Å²) < 4.78 is 5.71. The SMILES string of the molecule is CCC(C)C(N)C(=O)N1CC2CCC(C1)O2. The highest BCUT2D eigenvalue weighted by molar-refractivity contribution is 5.82. The second-order valence-corrected chi connectivity index (χ2v) is 5.11. The molecular formula is C12H22N2O2. The molecule has 0 spiro atoms. The number of fused-ring (bicyclic) bond motifs is 2. The van der Waals surface area contributed by atoms with Gasteiger partial charge >= 0.3 is 0 Å². The van der Waals surface area contributed by atoms with Crippen LogP contribution in [0, 0.1) is 5.92 Å². The number of nitrogens with two attached hydrogens (primary N) is 1. The van der Waals surface area contributed by atoms with Crippen molar-refractivity contribution in [2.45, 2.75) is 51.4 Å². The first-order chi connectivity index (χ1) is 7.61. The van der Waals surface area contributed by atoms with Gasteiger partial charge in [-0.2, -0.15) is 0 Å². The standard InChI is InChI=1S/C12H22N2O2/c1-3-8(2)11(13)12(15)14-6-9-4-5-10(7-14)16-9/h8-11H,3-7,13H2,1-2H3. The summed E-state index contributed by atoms with van der Waals surface area (Å²) in [6.45, 7) is 5.58. The molecule has 4 atom stereocenters. The molecular weight excluding hydrogens is 204 g/mol. The summed E-state index contributed by atoms with van der Waals surface area (Å²) in [7, 11) is 0. The molecule has 2 heterocycles. The molecule has 16 heavy (non-hydrogen) atoms.